The Labute approximate surface area is 125 Å². The van der Waals surface area contributed by atoms with Crippen molar-refractivity contribution in [1.82, 2.24) is 4.72 Å². The molecule has 0 radical (unpaired) electrons. The van der Waals surface area contributed by atoms with Gasteiger partial charge in [0.05, 0.1) is 4.92 Å². The van der Waals surface area contributed by atoms with Crippen molar-refractivity contribution in [3.8, 4) is 0 Å². The zero-order valence-corrected chi connectivity index (χ0v) is 13.0. The monoisotopic (exact) mass is 339 g/mol. The number of rotatable bonds is 6. The molecule has 1 aliphatic carbocycles. The number of halogens is 1. The van der Waals surface area contributed by atoms with Crippen LogP contribution in [-0.4, -0.2) is 25.4 Å². The molecule has 2 rings (SSSR count). The van der Waals surface area contributed by atoms with E-state index in [-0.39, 0.29) is 21.0 Å². The average Bonchev–Trinajstić information content (AvgIpc) is 3.12. The van der Waals surface area contributed by atoms with Crippen LogP contribution in [0.2, 0.25) is 4.34 Å². The molecule has 1 aromatic rings. The van der Waals surface area contributed by atoms with E-state index in [1.165, 1.54) is 0 Å². The molecule has 1 heterocycles. The van der Waals surface area contributed by atoms with Crippen molar-refractivity contribution in [3.63, 3.8) is 0 Å². The second-order valence-electron chi connectivity index (χ2n) is 4.98. The first-order valence-corrected chi connectivity index (χ1v) is 8.55. The van der Waals surface area contributed by atoms with Crippen LogP contribution in [0.5, 0.6) is 0 Å². The van der Waals surface area contributed by atoms with Gasteiger partial charge in [0.2, 0.25) is 0 Å². The normalized spacial score (nSPS) is 18.8. The average molecular weight is 340 g/mol. The molecule has 0 amide bonds. The van der Waals surface area contributed by atoms with Gasteiger partial charge in [0.25, 0.3) is 15.7 Å². The molecule has 1 atom stereocenters. The lowest BCUT2D eigenvalue weighted by molar-refractivity contribution is -0.384. The van der Waals surface area contributed by atoms with E-state index in [9.17, 15) is 18.5 Å². The number of nitrogens with two attached hydrogens (primary N) is 1. The van der Waals surface area contributed by atoms with Gasteiger partial charge in [0.15, 0.2) is 4.34 Å². The van der Waals surface area contributed by atoms with Crippen LogP contribution < -0.4 is 10.5 Å². The van der Waals surface area contributed by atoms with Gasteiger partial charge in [-0.15, -0.1) is 11.3 Å². The van der Waals surface area contributed by atoms with E-state index in [2.05, 4.69) is 4.72 Å². The van der Waals surface area contributed by atoms with Crippen molar-refractivity contribution < 1.29 is 13.3 Å². The number of hydrogen-bond acceptors (Lipinski definition) is 6. The lowest BCUT2D eigenvalue weighted by Crippen LogP contribution is -2.52. The lowest BCUT2D eigenvalue weighted by atomic mass is 9.98. The Morgan fingerprint density at radius 1 is 1.65 bits per heavy atom. The topological polar surface area (TPSA) is 115 Å². The molecule has 1 aliphatic rings. The van der Waals surface area contributed by atoms with Gasteiger partial charge in [-0.3, -0.25) is 10.1 Å². The van der Waals surface area contributed by atoms with Crippen molar-refractivity contribution in [2.75, 3.05) is 6.54 Å². The Morgan fingerprint density at radius 2 is 2.25 bits per heavy atom. The quantitative estimate of drug-likeness (QED) is 0.604. The third kappa shape index (κ3) is 2.96. The van der Waals surface area contributed by atoms with E-state index in [0.717, 1.165) is 18.9 Å². The van der Waals surface area contributed by atoms with Gasteiger partial charge in [-0.2, -0.15) is 0 Å². The summed E-state index contributed by atoms with van der Waals surface area (Å²) >= 11 is 6.35. The van der Waals surface area contributed by atoms with Gasteiger partial charge in [0, 0.05) is 18.2 Å². The molecule has 1 aromatic heterocycles. The molecule has 1 fully saturated rings. The summed E-state index contributed by atoms with van der Waals surface area (Å²) in [5.74, 6) is 0.202. The molecule has 1 unspecified atom stereocenters. The maximum Gasteiger partial charge on any atom is 0.300 e. The summed E-state index contributed by atoms with van der Waals surface area (Å²) in [6, 6.07) is 0.971. The molecule has 0 bridgehead atoms. The molecule has 7 nitrogen and oxygen atoms in total. The maximum absolute atomic E-state index is 12.3. The molecule has 0 saturated heterocycles. The Bertz CT molecular complexity index is 641. The van der Waals surface area contributed by atoms with E-state index in [0.29, 0.717) is 11.3 Å². The van der Waals surface area contributed by atoms with Crippen LogP contribution in [0.15, 0.2) is 10.3 Å². The van der Waals surface area contributed by atoms with Crippen LogP contribution in [0.4, 0.5) is 5.69 Å². The highest BCUT2D eigenvalue weighted by Gasteiger charge is 2.44. The molecule has 10 heteroatoms. The number of nitrogens with one attached hydrogen (secondary N) is 1. The number of sulfonamides is 1. The number of hydrogen-bond donors (Lipinski definition) is 2. The molecule has 3 N–H and O–H groups in total. The minimum absolute atomic E-state index is 0.156. The van der Waals surface area contributed by atoms with Gasteiger partial charge in [-0.25, -0.2) is 13.1 Å². The SMILES string of the molecule is CC(CN)(NS(=O)(=O)c1cc([N+](=O)[O-])c(Cl)s1)C1CC1. The summed E-state index contributed by atoms with van der Waals surface area (Å²) in [5, 5.41) is 10.7. The van der Waals surface area contributed by atoms with Crippen LogP contribution in [0.3, 0.4) is 0 Å². The lowest BCUT2D eigenvalue weighted by Gasteiger charge is -2.28. The van der Waals surface area contributed by atoms with Crippen molar-refractivity contribution in [1.29, 1.82) is 0 Å². The standard InChI is InChI=1S/C10H14ClN3O4S2/c1-10(5-12,6-2-3-6)13-20(17,18)8-4-7(14(15)16)9(11)19-8/h4,6,13H,2-3,5,12H2,1H3. The smallest absolute Gasteiger partial charge is 0.300 e. The largest absolute Gasteiger partial charge is 0.329 e. The minimum Gasteiger partial charge on any atom is -0.329 e. The summed E-state index contributed by atoms with van der Waals surface area (Å²) in [7, 11) is -3.87. The number of thiophene rings is 1. The molecule has 1 saturated carbocycles. The minimum atomic E-state index is -3.87. The number of nitrogens with zero attached hydrogens (tertiary/aromatic N) is 1. The molecule has 0 aromatic carbocycles. The Hall–Kier alpha value is -0.740. The molecular formula is C10H14ClN3O4S2. The summed E-state index contributed by atoms with van der Waals surface area (Å²) < 4.78 is 26.8. The van der Waals surface area contributed by atoms with Crippen LogP contribution in [0.1, 0.15) is 19.8 Å². The van der Waals surface area contributed by atoms with Gasteiger partial charge in [0.1, 0.15) is 4.21 Å². The highest BCUT2D eigenvalue weighted by atomic mass is 35.5. The van der Waals surface area contributed by atoms with Crippen LogP contribution >= 0.6 is 22.9 Å². The van der Waals surface area contributed by atoms with E-state index >= 15 is 0 Å². The summed E-state index contributed by atoms with van der Waals surface area (Å²) in [5.41, 5.74) is 4.52. The fraction of sp³-hybridized carbons (Fsp3) is 0.600. The first-order chi connectivity index (χ1) is 9.19. The van der Waals surface area contributed by atoms with Crippen molar-refractivity contribution in [2.24, 2.45) is 11.7 Å². The number of nitro groups is 1. The van der Waals surface area contributed by atoms with Gasteiger partial charge < -0.3 is 5.73 Å². The molecule has 0 aliphatic heterocycles. The van der Waals surface area contributed by atoms with Crippen molar-refractivity contribution in [3.05, 3.63) is 20.5 Å². The first-order valence-electron chi connectivity index (χ1n) is 5.87. The fourth-order valence-electron chi connectivity index (χ4n) is 1.96. The van der Waals surface area contributed by atoms with E-state index in [1.807, 2.05) is 0 Å². The molecule has 20 heavy (non-hydrogen) atoms. The van der Waals surface area contributed by atoms with Gasteiger partial charge in [-0.05, 0) is 25.7 Å². The second kappa shape index (κ2) is 5.23. The Kier molecular flexibility index (Phi) is 4.09. The second-order valence-corrected chi connectivity index (χ2v) is 8.55. The van der Waals surface area contributed by atoms with Crippen LogP contribution in [0, 0.1) is 16.0 Å². The highest BCUT2D eigenvalue weighted by molar-refractivity contribution is 7.91. The van der Waals surface area contributed by atoms with Crippen LogP contribution in [-0.2, 0) is 10.0 Å². The summed E-state index contributed by atoms with van der Waals surface area (Å²) in [6.07, 6.45) is 1.84. The first kappa shape index (κ1) is 15.6. The Morgan fingerprint density at radius 3 is 2.65 bits per heavy atom. The summed E-state index contributed by atoms with van der Waals surface area (Å²) in [4.78, 5) is 10.0. The predicted molar refractivity (Wildman–Crippen MR) is 76.5 cm³/mol. The van der Waals surface area contributed by atoms with Crippen molar-refractivity contribution >= 4 is 38.6 Å². The molecule has 112 valence electrons. The third-order valence-corrected chi connectivity index (χ3v) is 6.80. The van der Waals surface area contributed by atoms with E-state index in [1.54, 1.807) is 6.92 Å². The molecule has 0 spiro atoms. The van der Waals surface area contributed by atoms with Gasteiger partial charge >= 0.3 is 0 Å². The van der Waals surface area contributed by atoms with E-state index < -0.39 is 26.2 Å². The molecular weight excluding hydrogens is 326 g/mol. The van der Waals surface area contributed by atoms with E-state index in [4.69, 9.17) is 17.3 Å². The maximum atomic E-state index is 12.3. The van der Waals surface area contributed by atoms with Crippen LogP contribution in [0.25, 0.3) is 0 Å². The predicted octanol–water partition coefficient (Wildman–Crippen LogP) is 1.72. The fourth-order valence-corrected chi connectivity index (χ4v) is 5.11. The van der Waals surface area contributed by atoms with Gasteiger partial charge in [-0.1, -0.05) is 11.6 Å². The summed E-state index contributed by atoms with van der Waals surface area (Å²) in [6.45, 7) is 1.91. The zero-order valence-electron chi connectivity index (χ0n) is 10.6. The van der Waals surface area contributed by atoms with Crippen molar-refractivity contribution in [2.45, 2.75) is 29.5 Å². The highest BCUT2D eigenvalue weighted by Crippen LogP contribution is 2.41. The third-order valence-electron chi connectivity index (χ3n) is 3.38. The Balaban J connectivity index is 2.31. The zero-order chi connectivity index (χ0) is 15.1.